The quantitative estimate of drug-likeness (QED) is 0.659. The molecule has 1 fully saturated rings. The van der Waals surface area contributed by atoms with Gasteiger partial charge in [0.05, 0.1) is 30.8 Å². The summed E-state index contributed by atoms with van der Waals surface area (Å²) in [4.78, 5) is 16.4. The van der Waals surface area contributed by atoms with Crippen LogP contribution in [0.1, 0.15) is 0 Å². The third-order valence-electron chi connectivity index (χ3n) is 2.72. The molecule has 1 aromatic heterocycles. The molecule has 0 aliphatic carbocycles. The van der Waals surface area contributed by atoms with Crippen LogP contribution in [0.2, 0.25) is 0 Å². The fourth-order valence-corrected chi connectivity index (χ4v) is 2.18. The SMILES string of the molecule is O=[N+]([O-])c1cc(Br)cnc1N1CCOCC1CO. The summed E-state index contributed by atoms with van der Waals surface area (Å²) in [6, 6.07) is 1.11. The van der Waals surface area contributed by atoms with Crippen LogP contribution in [-0.2, 0) is 4.74 Å². The highest BCUT2D eigenvalue weighted by Gasteiger charge is 2.29. The number of hydrogen-bond donors (Lipinski definition) is 1. The summed E-state index contributed by atoms with van der Waals surface area (Å²) in [5.41, 5.74) is -0.0790. The van der Waals surface area contributed by atoms with Crippen molar-refractivity contribution < 1.29 is 14.8 Å². The molecule has 1 saturated heterocycles. The maximum absolute atomic E-state index is 11.0. The van der Waals surface area contributed by atoms with Crippen molar-refractivity contribution in [2.75, 3.05) is 31.3 Å². The molecule has 8 heteroatoms. The molecule has 1 aliphatic rings. The van der Waals surface area contributed by atoms with E-state index in [1.165, 1.54) is 12.3 Å². The summed E-state index contributed by atoms with van der Waals surface area (Å²) in [5.74, 6) is 0.269. The van der Waals surface area contributed by atoms with Gasteiger partial charge in [-0.25, -0.2) is 4.98 Å². The summed E-state index contributed by atoms with van der Waals surface area (Å²) >= 11 is 3.16. The number of rotatable bonds is 3. The highest BCUT2D eigenvalue weighted by Crippen LogP contribution is 2.30. The Morgan fingerprint density at radius 3 is 3.17 bits per heavy atom. The van der Waals surface area contributed by atoms with Gasteiger partial charge >= 0.3 is 5.69 Å². The van der Waals surface area contributed by atoms with E-state index in [-0.39, 0.29) is 24.2 Å². The Labute approximate surface area is 112 Å². The van der Waals surface area contributed by atoms with Crippen LogP contribution in [0.4, 0.5) is 11.5 Å². The number of nitro groups is 1. The molecule has 0 bridgehead atoms. The molecule has 0 saturated carbocycles. The van der Waals surface area contributed by atoms with Gasteiger partial charge in [-0.2, -0.15) is 0 Å². The van der Waals surface area contributed by atoms with Gasteiger partial charge in [0.15, 0.2) is 0 Å². The average Bonchev–Trinajstić information content (AvgIpc) is 2.38. The maximum atomic E-state index is 11.0. The Balaban J connectivity index is 2.39. The van der Waals surface area contributed by atoms with E-state index in [9.17, 15) is 15.2 Å². The van der Waals surface area contributed by atoms with Crippen LogP contribution in [0.15, 0.2) is 16.7 Å². The molecule has 18 heavy (non-hydrogen) atoms. The molecule has 1 unspecified atom stereocenters. The smallest absolute Gasteiger partial charge is 0.312 e. The fourth-order valence-electron chi connectivity index (χ4n) is 1.86. The number of nitrogens with zero attached hydrogens (tertiary/aromatic N) is 3. The molecule has 0 aromatic carbocycles. The first-order valence-corrected chi connectivity index (χ1v) is 6.18. The Morgan fingerprint density at radius 2 is 2.50 bits per heavy atom. The number of ether oxygens (including phenoxy) is 1. The largest absolute Gasteiger partial charge is 0.394 e. The minimum Gasteiger partial charge on any atom is -0.394 e. The predicted molar refractivity (Wildman–Crippen MR) is 67.6 cm³/mol. The van der Waals surface area contributed by atoms with Crippen LogP contribution >= 0.6 is 15.9 Å². The van der Waals surface area contributed by atoms with E-state index in [1.807, 2.05) is 0 Å². The van der Waals surface area contributed by atoms with Crippen molar-refractivity contribution in [1.29, 1.82) is 0 Å². The van der Waals surface area contributed by atoms with Gasteiger partial charge in [0.1, 0.15) is 0 Å². The minimum absolute atomic E-state index is 0.0790. The highest BCUT2D eigenvalue weighted by atomic mass is 79.9. The van der Waals surface area contributed by atoms with Crippen LogP contribution in [0.5, 0.6) is 0 Å². The van der Waals surface area contributed by atoms with Crippen molar-refractivity contribution in [3.8, 4) is 0 Å². The molecule has 2 rings (SSSR count). The zero-order valence-corrected chi connectivity index (χ0v) is 11.0. The lowest BCUT2D eigenvalue weighted by Crippen LogP contribution is -2.48. The van der Waals surface area contributed by atoms with Crippen LogP contribution in [-0.4, -0.2) is 47.4 Å². The Kier molecular flexibility index (Phi) is 4.10. The molecule has 2 heterocycles. The van der Waals surface area contributed by atoms with Gasteiger partial charge in [-0.15, -0.1) is 0 Å². The molecule has 1 aromatic rings. The van der Waals surface area contributed by atoms with Gasteiger partial charge < -0.3 is 14.7 Å². The van der Waals surface area contributed by atoms with E-state index < -0.39 is 4.92 Å². The van der Waals surface area contributed by atoms with Crippen molar-refractivity contribution in [2.45, 2.75) is 6.04 Å². The van der Waals surface area contributed by atoms with Crippen LogP contribution in [0.25, 0.3) is 0 Å². The summed E-state index contributed by atoms with van der Waals surface area (Å²) in [6.07, 6.45) is 1.51. The van der Waals surface area contributed by atoms with E-state index in [4.69, 9.17) is 4.74 Å². The second kappa shape index (κ2) is 5.59. The third kappa shape index (κ3) is 2.60. The van der Waals surface area contributed by atoms with Gasteiger partial charge in [-0.3, -0.25) is 10.1 Å². The van der Waals surface area contributed by atoms with Gasteiger partial charge in [0, 0.05) is 23.3 Å². The zero-order valence-electron chi connectivity index (χ0n) is 9.45. The lowest BCUT2D eigenvalue weighted by molar-refractivity contribution is -0.384. The normalized spacial score (nSPS) is 19.9. The number of hydrogen-bond acceptors (Lipinski definition) is 6. The Hall–Kier alpha value is -1.25. The van der Waals surface area contributed by atoms with E-state index >= 15 is 0 Å². The van der Waals surface area contributed by atoms with Crippen LogP contribution in [0, 0.1) is 10.1 Å². The summed E-state index contributed by atoms with van der Waals surface area (Å²) in [7, 11) is 0. The molecule has 1 atom stereocenters. The topological polar surface area (TPSA) is 88.7 Å². The molecule has 0 spiro atoms. The minimum atomic E-state index is -0.475. The van der Waals surface area contributed by atoms with E-state index in [2.05, 4.69) is 20.9 Å². The van der Waals surface area contributed by atoms with Crippen molar-refractivity contribution in [2.24, 2.45) is 0 Å². The average molecular weight is 318 g/mol. The van der Waals surface area contributed by atoms with Gasteiger partial charge in [0.25, 0.3) is 0 Å². The van der Waals surface area contributed by atoms with Crippen molar-refractivity contribution >= 4 is 27.4 Å². The molecule has 1 aliphatic heterocycles. The zero-order chi connectivity index (χ0) is 13.1. The Bertz CT molecular complexity index is 457. The first-order chi connectivity index (χ1) is 8.63. The molecular formula is C10H12BrN3O4. The standard InChI is InChI=1S/C10H12BrN3O4/c11-7-3-9(14(16)17)10(12-4-7)13-1-2-18-6-8(13)5-15/h3-4,8,15H,1-2,5-6H2. The van der Waals surface area contributed by atoms with E-state index in [0.717, 1.165) is 0 Å². The molecule has 0 radical (unpaired) electrons. The Morgan fingerprint density at radius 1 is 1.72 bits per heavy atom. The number of aliphatic hydroxyl groups is 1. The number of anilines is 1. The number of aliphatic hydroxyl groups excluding tert-OH is 1. The summed E-state index contributed by atoms with van der Waals surface area (Å²) in [6.45, 7) is 1.15. The van der Waals surface area contributed by atoms with Crippen LogP contribution in [0.3, 0.4) is 0 Å². The molecular weight excluding hydrogens is 306 g/mol. The van der Waals surface area contributed by atoms with Crippen LogP contribution < -0.4 is 4.90 Å². The highest BCUT2D eigenvalue weighted by molar-refractivity contribution is 9.10. The number of morpholine rings is 1. The number of aromatic nitrogens is 1. The van der Waals surface area contributed by atoms with Crippen molar-refractivity contribution in [1.82, 2.24) is 4.98 Å². The summed E-state index contributed by atoms with van der Waals surface area (Å²) in [5, 5.41) is 20.3. The molecule has 1 N–H and O–H groups in total. The fraction of sp³-hybridized carbons (Fsp3) is 0.500. The van der Waals surface area contributed by atoms with E-state index in [0.29, 0.717) is 24.2 Å². The number of halogens is 1. The second-order valence-electron chi connectivity index (χ2n) is 3.86. The van der Waals surface area contributed by atoms with Gasteiger partial charge in [-0.05, 0) is 15.9 Å². The first-order valence-electron chi connectivity index (χ1n) is 5.38. The predicted octanol–water partition coefficient (Wildman–Crippen LogP) is 0.950. The van der Waals surface area contributed by atoms with E-state index in [1.54, 1.807) is 4.90 Å². The molecule has 7 nitrogen and oxygen atoms in total. The van der Waals surface area contributed by atoms with Crippen molar-refractivity contribution in [3.63, 3.8) is 0 Å². The lowest BCUT2D eigenvalue weighted by atomic mass is 10.2. The monoisotopic (exact) mass is 317 g/mol. The second-order valence-corrected chi connectivity index (χ2v) is 4.77. The van der Waals surface area contributed by atoms with Gasteiger partial charge in [-0.1, -0.05) is 0 Å². The number of pyridine rings is 1. The first kappa shape index (κ1) is 13.2. The van der Waals surface area contributed by atoms with Gasteiger partial charge in [0.2, 0.25) is 5.82 Å². The molecule has 98 valence electrons. The lowest BCUT2D eigenvalue weighted by Gasteiger charge is -2.34. The molecule has 0 amide bonds. The third-order valence-corrected chi connectivity index (χ3v) is 3.15. The maximum Gasteiger partial charge on any atom is 0.312 e. The van der Waals surface area contributed by atoms with Crippen molar-refractivity contribution in [3.05, 3.63) is 26.9 Å². The summed E-state index contributed by atoms with van der Waals surface area (Å²) < 4.78 is 5.79.